The summed E-state index contributed by atoms with van der Waals surface area (Å²) in [6.45, 7) is 9.17. The van der Waals surface area contributed by atoms with Crippen LogP contribution in [-0.4, -0.2) is 92.1 Å². The van der Waals surface area contributed by atoms with Crippen LogP contribution in [0.5, 0.6) is 11.5 Å². The molecule has 0 saturated carbocycles. The number of benzene rings is 2. The lowest BCUT2D eigenvalue weighted by Crippen LogP contribution is -2.50. The van der Waals surface area contributed by atoms with Crippen LogP contribution in [0, 0.1) is 0 Å². The normalized spacial score (nSPS) is 17.2. The molecule has 2 aliphatic rings. The molecule has 0 aliphatic carbocycles. The molecular formula is C35H41N3O11. The Bertz CT molecular complexity index is 1590. The number of aliphatic hydroxyl groups excluding tert-OH is 1. The molecule has 14 heteroatoms. The van der Waals surface area contributed by atoms with Gasteiger partial charge in [-0.05, 0) is 37.0 Å². The number of amides is 3. The van der Waals surface area contributed by atoms with Gasteiger partial charge in [-0.2, -0.15) is 0 Å². The quantitative estimate of drug-likeness (QED) is 0.129. The Morgan fingerprint density at radius 3 is 2.47 bits per heavy atom. The predicted molar refractivity (Wildman–Crippen MR) is 176 cm³/mol. The summed E-state index contributed by atoms with van der Waals surface area (Å²) in [6, 6.07) is 8.14. The van der Waals surface area contributed by atoms with Gasteiger partial charge in [0.1, 0.15) is 13.2 Å². The number of hydrogen-bond acceptors (Lipinski definition) is 11. The molecule has 0 spiro atoms. The van der Waals surface area contributed by atoms with Gasteiger partial charge in [0.25, 0.3) is 5.91 Å². The Hall–Kier alpha value is -5.37. The number of ether oxygens (including phenoxy) is 5. The third-order valence-corrected chi connectivity index (χ3v) is 8.05. The van der Waals surface area contributed by atoms with Crippen molar-refractivity contribution in [2.45, 2.75) is 57.5 Å². The molecule has 2 aliphatic heterocycles. The van der Waals surface area contributed by atoms with Crippen molar-refractivity contribution in [1.82, 2.24) is 10.2 Å². The first-order valence-corrected chi connectivity index (χ1v) is 15.6. The number of nitrogens with one attached hydrogen (secondary N) is 1. The molecule has 1 saturated heterocycles. The standard InChI is InChI=1S/C35H41N3O11/c1-6-13-48-34(43)36-22(3)28(39)16-23-9-11-24(12-10-23)20-49-35(44)38-26-18-30(47-14-7-8-31(40)46-5)29(45-4)17-25(26)32(41)37-19-21(2)15-27(37)33(38)42/h6,9-12,17-18,22,27,33,42H,1-2,7-8,13-16,19-20H2,3-5H3,(H,36,43)/t22-,27-,33-/m0/s1. The molecule has 0 radical (unpaired) electrons. The zero-order valence-corrected chi connectivity index (χ0v) is 27.8. The van der Waals surface area contributed by atoms with Crippen LogP contribution in [0.1, 0.15) is 47.7 Å². The second-order valence-electron chi connectivity index (χ2n) is 11.6. The molecule has 0 bridgehead atoms. The van der Waals surface area contributed by atoms with E-state index < -0.39 is 42.4 Å². The van der Waals surface area contributed by atoms with Crippen molar-refractivity contribution in [3.63, 3.8) is 0 Å². The van der Waals surface area contributed by atoms with Crippen molar-refractivity contribution < 1.29 is 52.8 Å². The van der Waals surface area contributed by atoms with Gasteiger partial charge in [-0.25, -0.2) is 14.5 Å². The van der Waals surface area contributed by atoms with E-state index in [4.69, 9.17) is 18.9 Å². The number of nitrogens with zero attached hydrogens (tertiary/aromatic N) is 2. The topological polar surface area (TPSA) is 170 Å². The minimum atomic E-state index is -1.48. The largest absolute Gasteiger partial charge is 0.493 e. The van der Waals surface area contributed by atoms with E-state index in [0.29, 0.717) is 17.5 Å². The van der Waals surface area contributed by atoms with Crippen LogP contribution in [0.2, 0.25) is 0 Å². The number of methoxy groups -OCH3 is 2. The summed E-state index contributed by atoms with van der Waals surface area (Å²) in [6.07, 6.45) is -0.893. The summed E-state index contributed by atoms with van der Waals surface area (Å²) in [4.78, 5) is 65.8. The zero-order chi connectivity index (χ0) is 35.7. The van der Waals surface area contributed by atoms with Crippen LogP contribution in [0.3, 0.4) is 0 Å². The fourth-order valence-electron chi connectivity index (χ4n) is 5.44. The number of hydrogen-bond donors (Lipinski definition) is 2. The van der Waals surface area contributed by atoms with Crippen LogP contribution in [0.25, 0.3) is 0 Å². The first-order chi connectivity index (χ1) is 23.5. The van der Waals surface area contributed by atoms with E-state index in [1.165, 1.54) is 37.3 Å². The highest BCUT2D eigenvalue weighted by atomic mass is 16.6. The van der Waals surface area contributed by atoms with Gasteiger partial charge in [0, 0.05) is 25.5 Å². The molecule has 2 heterocycles. The van der Waals surface area contributed by atoms with Crippen molar-refractivity contribution >= 4 is 35.5 Å². The van der Waals surface area contributed by atoms with Crippen molar-refractivity contribution in [3.05, 3.63) is 77.9 Å². The van der Waals surface area contributed by atoms with Crippen LogP contribution < -0.4 is 19.7 Å². The zero-order valence-electron chi connectivity index (χ0n) is 27.8. The minimum absolute atomic E-state index is 0.0267. The average Bonchev–Trinajstić information content (AvgIpc) is 3.46. The summed E-state index contributed by atoms with van der Waals surface area (Å²) >= 11 is 0. The fraction of sp³-hybridized carbons (Fsp3) is 0.400. The molecule has 3 amide bonds. The summed E-state index contributed by atoms with van der Waals surface area (Å²) in [5.74, 6) is -0.632. The molecule has 262 valence electrons. The molecular weight excluding hydrogens is 638 g/mol. The van der Waals surface area contributed by atoms with Gasteiger partial charge >= 0.3 is 18.2 Å². The van der Waals surface area contributed by atoms with Gasteiger partial charge < -0.3 is 39.0 Å². The van der Waals surface area contributed by atoms with E-state index in [1.54, 1.807) is 31.2 Å². The summed E-state index contributed by atoms with van der Waals surface area (Å²) < 4.78 is 26.5. The first kappa shape index (κ1) is 36.5. The minimum Gasteiger partial charge on any atom is -0.493 e. The predicted octanol–water partition coefficient (Wildman–Crippen LogP) is 3.69. The summed E-state index contributed by atoms with van der Waals surface area (Å²) in [5.41, 5.74) is 2.17. The molecule has 2 aromatic rings. The van der Waals surface area contributed by atoms with E-state index in [2.05, 4.69) is 23.2 Å². The molecule has 3 atom stereocenters. The summed E-state index contributed by atoms with van der Waals surface area (Å²) in [5, 5.41) is 14.0. The van der Waals surface area contributed by atoms with Gasteiger partial charge in [0.2, 0.25) is 0 Å². The Morgan fingerprint density at radius 1 is 1.08 bits per heavy atom. The molecule has 2 aromatic carbocycles. The Balaban J connectivity index is 1.50. The highest BCUT2D eigenvalue weighted by molar-refractivity contribution is 6.06. The maximum atomic E-state index is 13.7. The number of fused-ring (bicyclic) bond motifs is 2. The number of ketones is 1. The fourth-order valence-corrected chi connectivity index (χ4v) is 5.44. The highest BCUT2D eigenvalue weighted by Crippen LogP contribution is 2.42. The summed E-state index contributed by atoms with van der Waals surface area (Å²) in [7, 11) is 2.70. The average molecular weight is 680 g/mol. The van der Waals surface area contributed by atoms with Gasteiger partial charge in [-0.3, -0.25) is 14.4 Å². The Morgan fingerprint density at radius 2 is 1.80 bits per heavy atom. The number of anilines is 1. The Kier molecular flexibility index (Phi) is 12.4. The van der Waals surface area contributed by atoms with E-state index in [9.17, 15) is 29.1 Å². The number of carbonyl (C=O) groups is 5. The van der Waals surface area contributed by atoms with Gasteiger partial charge in [0.05, 0.1) is 44.2 Å². The van der Waals surface area contributed by atoms with Crippen LogP contribution in [0.15, 0.2) is 61.2 Å². The van der Waals surface area contributed by atoms with Crippen molar-refractivity contribution in [2.75, 3.05) is 38.9 Å². The van der Waals surface area contributed by atoms with Crippen molar-refractivity contribution in [1.29, 1.82) is 0 Å². The maximum Gasteiger partial charge on any atom is 0.416 e. The molecule has 0 aromatic heterocycles. The number of esters is 1. The molecule has 49 heavy (non-hydrogen) atoms. The molecule has 1 fully saturated rings. The molecule has 4 rings (SSSR count). The molecule has 14 nitrogen and oxygen atoms in total. The lowest BCUT2D eigenvalue weighted by Gasteiger charge is -2.31. The Labute approximate surface area is 284 Å². The van der Waals surface area contributed by atoms with E-state index in [-0.39, 0.29) is 74.2 Å². The monoisotopic (exact) mass is 679 g/mol. The lowest BCUT2D eigenvalue weighted by molar-refractivity contribution is -0.140. The molecule has 0 unspecified atom stereocenters. The second kappa shape index (κ2) is 16.6. The number of aliphatic hydroxyl groups is 1. The third-order valence-electron chi connectivity index (χ3n) is 8.05. The van der Waals surface area contributed by atoms with Crippen LogP contribution >= 0.6 is 0 Å². The number of Topliss-reactive ketones (excluding diaryl/α,β-unsaturated/α-hetero) is 1. The van der Waals surface area contributed by atoms with Gasteiger partial charge in [0.15, 0.2) is 23.5 Å². The third kappa shape index (κ3) is 8.96. The van der Waals surface area contributed by atoms with E-state index in [1.807, 2.05) is 0 Å². The smallest absolute Gasteiger partial charge is 0.416 e. The number of rotatable bonds is 14. The number of carbonyl (C=O) groups excluding carboxylic acids is 5. The van der Waals surface area contributed by atoms with Crippen molar-refractivity contribution in [3.8, 4) is 11.5 Å². The second-order valence-corrected chi connectivity index (χ2v) is 11.6. The van der Waals surface area contributed by atoms with Crippen LogP contribution in [-0.2, 0) is 36.8 Å². The first-order valence-electron chi connectivity index (χ1n) is 15.6. The SMILES string of the molecule is C=CCOC(=O)N[C@@H](C)C(=O)Cc1ccc(COC(=O)N2c3cc(OCCCC(=O)OC)c(OC)cc3C(=O)N3CC(=C)C[C@H]3[C@@H]2O)cc1. The van der Waals surface area contributed by atoms with E-state index >= 15 is 0 Å². The lowest BCUT2D eigenvalue weighted by atomic mass is 10.0. The van der Waals surface area contributed by atoms with Crippen molar-refractivity contribution in [2.24, 2.45) is 0 Å². The van der Waals surface area contributed by atoms with E-state index in [0.717, 1.165) is 10.5 Å². The number of alkyl carbamates (subject to hydrolysis) is 1. The van der Waals surface area contributed by atoms with Gasteiger partial charge in [-0.15, -0.1) is 0 Å². The van der Waals surface area contributed by atoms with Crippen LogP contribution in [0.4, 0.5) is 15.3 Å². The highest BCUT2D eigenvalue weighted by Gasteiger charge is 2.46. The van der Waals surface area contributed by atoms with Gasteiger partial charge in [-0.1, -0.05) is 49.1 Å². The molecule has 2 N–H and O–H groups in total. The maximum absolute atomic E-state index is 13.7.